The monoisotopic (exact) mass is 421 g/mol. The Labute approximate surface area is 170 Å². The number of piperazine rings is 1. The smallest absolute Gasteiger partial charge is 0.243 e. The normalized spacial score (nSPS) is 15.1. The van der Waals surface area contributed by atoms with Crippen LogP contribution in [0, 0.1) is 0 Å². The van der Waals surface area contributed by atoms with Crippen LogP contribution in [0.5, 0.6) is 11.5 Å². The van der Waals surface area contributed by atoms with Crippen molar-refractivity contribution in [1.82, 2.24) is 9.21 Å². The zero-order chi connectivity index (χ0) is 20.1. The molecule has 2 aromatic carbocycles. The highest BCUT2D eigenvalue weighted by molar-refractivity contribution is 7.89. The Kier molecular flexibility index (Phi) is 6.38. The molecule has 1 saturated heterocycles. The quantitative estimate of drug-likeness (QED) is 0.744. The third-order valence-electron chi connectivity index (χ3n) is 4.54. The summed E-state index contributed by atoms with van der Waals surface area (Å²) in [5.41, 5.74) is 0.780. The summed E-state index contributed by atoms with van der Waals surface area (Å²) in [6.07, 6.45) is 0. The first-order valence-corrected chi connectivity index (χ1v) is 10.6. The molecule has 0 spiro atoms. The minimum absolute atomic E-state index is 0.314. The zero-order valence-electron chi connectivity index (χ0n) is 15.8. The van der Waals surface area contributed by atoms with E-state index in [-0.39, 0.29) is 0 Å². The van der Waals surface area contributed by atoms with Gasteiger partial charge in [0, 0.05) is 37.9 Å². The number of anilines is 1. The third kappa shape index (κ3) is 4.37. The molecule has 0 amide bonds. The van der Waals surface area contributed by atoms with Gasteiger partial charge in [0.2, 0.25) is 10.0 Å². The summed E-state index contributed by atoms with van der Waals surface area (Å²) in [6.45, 7) is 1.80. The predicted molar refractivity (Wildman–Crippen MR) is 113 cm³/mol. The third-order valence-corrected chi connectivity index (χ3v) is 6.81. The maximum atomic E-state index is 12.7. The first-order chi connectivity index (χ1) is 13.5. The van der Waals surface area contributed by atoms with E-state index in [2.05, 4.69) is 5.32 Å². The molecule has 150 valence electrons. The standard InChI is InChI=1S/C19H23N3O4S2/c1-25-17-9-8-15(14-18(17)26-2)20-19(27)21-10-12-22(13-11-21)28(23,24)16-6-4-3-5-7-16/h3-9,14H,10-13H2,1-2H3,(H,20,27). The molecule has 0 radical (unpaired) electrons. The maximum Gasteiger partial charge on any atom is 0.243 e. The van der Waals surface area contributed by atoms with Crippen molar-refractivity contribution < 1.29 is 17.9 Å². The molecule has 0 unspecified atom stereocenters. The summed E-state index contributed by atoms with van der Waals surface area (Å²) >= 11 is 5.50. The number of methoxy groups -OCH3 is 2. The van der Waals surface area contributed by atoms with Crippen LogP contribution in [0.3, 0.4) is 0 Å². The highest BCUT2D eigenvalue weighted by Crippen LogP contribution is 2.30. The molecule has 9 heteroatoms. The lowest BCUT2D eigenvalue weighted by Crippen LogP contribution is -2.51. The molecule has 1 heterocycles. The van der Waals surface area contributed by atoms with Gasteiger partial charge in [0.25, 0.3) is 0 Å². The molecule has 1 N–H and O–H groups in total. The topological polar surface area (TPSA) is 71.1 Å². The largest absolute Gasteiger partial charge is 0.493 e. The Bertz CT molecular complexity index is 927. The van der Waals surface area contributed by atoms with Gasteiger partial charge in [-0.15, -0.1) is 0 Å². The van der Waals surface area contributed by atoms with Crippen LogP contribution < -0.4 is 14.8 Å². The number of nitrogens with one attached hydrogen (secondary N) is 1. The molecule has 0 bridgehead atoms. The SMILES string of the molecule is COc1ccc(NC(=S)N2CCN(S(=O)(=O)c3ccccc3)CC2)cc1OC. The van der Waals surface area contributed by atoms with E-state index in [0.29, 0.717) is 47.7 Å². The van der Waals surface area contributed by atoms with E-state index in [1.165, 1.54) is 4.31 Å². The number of rotatable bonds is 5. The van der Waals surface area contributed by atoms with Crippen LogP contribution in [0.1, 0.15) is 0 Å². The van der Waals surface area contributed by atoms with Crippen molar-refractivity contribution in [3.63, 3.8) is 0 Å². The Hall–Kier alpha value is -2.36. The van der Waals surface area contributed by atoms with Crippen molar-refractivity contribution in [2.24, 2.45) is 0 Å². The zero-order valence-corrected chi connectivity index (χ0v) is 17.4. The van der Waals surface area contributed by atoms with Gasteiger partial charge in [0.15, 0.2) is 16.6 Å². The molecule has 0 atom stereocenters. The first-order valence-electron chi connectivity index (χ1n) is 8.79. The Morgan fingerprint density at radius 2 is 1.61 bits per heavy atom. The van der Waals surface area contributed by atoms with E-state index in [4.69, 9.17) is 21.7 Å². The van der Waals surface area contributed by atoms with Crippen LogP contribution in [0.4, 0.5) is 5.69 Å². The maximum absolute atomic E-state index is 12.7. The van der Waals surface area contributed by atoms with Gasteiger partial charge in [0.1, 0.15) is 0 Å². The number of nitrogens with zero attached hydrogens (tertiary/aromatic N) is 2. The number of hydrogen-bond acceptors (Lipinski definition) is 5. The fraction of sp³-hybridized carbons (Fsp3) is 0.316. The van der Waals surface area contributed by atoms with Gasteiger partial charge in [-0.05, 0) is 36.5 Å². The van der Waals surface area contributed by atoms with Crippen LogP contribution in [0.15, 0.2) is 53.4 Å². The summed E-state index contributed by atoms with van der Waals surface area (Å²) in [5.74, 6) is 1.24. The van der Waals surface area contributed by atoms with Crippen LogP contribution >= 0.6 is 12.2 Å². The van der Waals surface area contributed by atoms with Gasteiger partial charge in [-0.1, -0.05) is 18.2 Å². The van der Waals surface area contributed by atoms with E-state index in [0.717, 1.165) is 5.69 Å². The number of sulfonamides is 1. The number of hydrogen-bond donors (Lipinski definition) is 1. The summed E-state index contributed by atoms with van der Waals surface area (Å²) in [6, 6.07) is 13.9. The molecule has 3 rings (SSSR count). The summed E-state index contributed by atoms with van der Waals surface area (Å²) in [5, 5.41) is 3.72. The van der Waals surface area contributed by atoms with Gasteiger partial charge < -0.3 is 19.7 Å². The summed E-state index contributed by atoms with van der Waals surface area (Å²) in [7, 11) is -0.317. The Balaban J connectivity index is 1.61. The van der Waals surface area contributed by atoms with Gasteiger partial charge in [-0.2, -0.15) is 4.31 Å². The minimum Gasteiger partial charge on any atom is -0.493 e. The van der Waals surface area contributed by atoms with Crippen LogP contribution in [0.25, 0.3) is 0 Å². The van der Waals surface area contributed by atoms with E-state index in [9.17, 15) is 8.42 Å². The van der Waals surface area contributed by atoms with Crippen molar-refractivity contribution in [2.75, 3.05) is 45.7 Å². The predicted octanol–water partition coefficient (Wildman–Crippen LogP) is 2.41. The van der Waals surface area contributed by atoms with E-state index >= 15 is 0 Å². The molecule has 1 aliphatic heterocycles. The van der Waals surface area contributed by atoms with Crippen LogP contribution in [-0.4, -0.2) is 63.1 Å². The van der Waals surface area contributed by atoms with E-state index < -0.39 is 10.0 Å². The lowest BCUT2D eigenvalue weighted by atomic mass is 10.2. The van der Waals surface area contributed by atoms with Crippen molar-refractivity contribution in [3.8, 4) is 11.5 Å². The van der Waals surface area contributed by atoms with Crippen molar-refractivity contribution in [2.45, 2.75) is 4.90 Å². The minimum atomic E-state index is -3.47. The highest BCUT2D eigenvalue weighted by Gasteiger charge is 2.29. The fourth-order valence-electron chi connectivity index (χ4n) is 2.99. The molecule has 0 saturated carbocycles. The van der Waals surface area contributed by atoms with Crippen molar-refractivity contribution in [3.05, 3.63) is 48.5 Å². The van der Waals surface area contributed by atoms with Crippen LogP contribution in [-0.2, 0) is 10.0 Å². The van der Waals surface area contributed by atoms with Crippen molar-refractivity contribution in [1.29, 1.82) is 0 Å². The second kappa shape index (κ2) is 8.76. The number of ether oxygens (including phenoxy) is 2. The molecule has 0 aromatic heterocycles. The molecule has 7 nitrogen and oxygen atoms in total. The molecule has 0 aliphatic carbocycles. The molecule has 2 aromatic rings. The second-order valence-corrected chi connectivity index (χ2v) is 8.53. The Morgan fingerprint density at radius 3 is 2.21 bits per heavy atom. The Morgan fingerprint density at radius 1 is 0.964 bits per heavy atom. The summed E-state index contributed by atoms with van der Waals surface area (Å²) in [4.78, 5) is 2.28. The molecule has 28 heavy (non-hydrogen) atoms. The van der Waals surface area contributed by atoms with Gasteiger partial charge >= 0.3 is 0 Å². The van der Waals surface area contributed by atoms with Crippen LogP contribution in [0.2, 0.25) is 0 Å². The van der Waals surface area contributed by atoms with E-state index in [1.54, 1.807) is 56.7 Å². The first kappa shape index (κ1) is 20.4. The number of thiocarbonyl (C=S) groups is 1. The summed E-state index contributed by atoms with van der Waals surface area (Å²) < 4.78 is 37.5. The fourth-order valence-corrected chi connectivity index (χ4v) is 4.73. The average Bonchev–Trinajstić information content (AvgIpc) is 2.74. The second-order valence-electron chi connectivity index (χ2n) is 6.20. The van der Waals surface area contributed by atoms with Gasteiger partial charge in [-0.3, -0.25) is 0 Å². The van der Waals surface area contributed by atoms with Gasteiger partial charge in [0.05, 0.1) is 19.1 Å². The van der Waals surface area contributed by atoms with Crippen molar-refractivity contribution >= 4 is 33.0 Å². The lowest BCUT2D eigenvalue weighted by Gasteiger charge is -2.35. The number of benzene rings is 2. The molecular formula is C19H23N3O4S2. The molecule has 1 fully saturated rings. The van der Waals surface area contributed by atoms with E-state index in [1.807, 2.05) is 11.0 Å². The molecular weight excluding hydrogens is 398 g/mol. The lowest BCUT2D eigenvalue weighted by molar-refractivity contribution is 0.268. The highest BCUT2D eigenvalue weighted by atomic mass is 32.2. The average molecular weight is 422 g/mol. The molecule has 1 aliphatic rings. The van der Waals surface area contributed by atoms with Gasteiger partial charge in [-0.25, -0.2) is 8.42 Å².